The van der Waals surface area contributed by atoms with Crippen molar-refractivity contribution in [1.29, 1.82) is 0 Å². The molecule has 3 heterocycles. The molecule has 0 saturated heterocycles. The summed E-state index contributed by atoms with van der Waals surface area (Å²) in [5.74, 6) is 0.375. The topological polar surface area (TPSA) is 80.6 Å². The number of rotatable bonds is 3. The Kier molecular flexibility index (Phi) is 5.57. The van der Waals surface area contributed by atoms with Crippen LogP contribution in [0.15, 0.2) is 26.5 Å². The first-order valence-corrected chi connectivity index (χ1v) is 9.48. The third-order valence-electron chi connectivity index (χ3n) is 3.96. The van der Waals surface area contributed by atoms with Gasteiger partial charge in [-0.1, -0.05) is 0 Å². The normalized spacial score (nSPS) is 18.3. The second-order valence-electron chi connectivity index (χ2n) is 5.89. The second kappa shape index (κ2) is 7.59. The minimum Gasteiger partial charge on any atom is -0.507 e. The molecule has 0 saturated carbocycles. The van der Waals surface area contributed by atoms with Gasteiger partial charge in [-0.15, -0.1) is 11.6 Å². The van der Waals surface area contributed by atoms with E-state index in [9.17, 15) is 23.1 Å². The summed E-state index contributed by atoms with van der Waals surface area (Å²) in [6.07, 6.45) is -3.36. The van der Waals surface area contributed by atoms with Crippen molar-refractivity contribution in [3.05, 3.63) is 45.3 Å². The maximum absolute atomic E-state index is 13.4. The molecule has 0 amide bonds. The van der Waals surface area contributed by atoms with Crippen molar-refractivity contribution >= 4 is 29.1 Å². The Morgan fingerprint density at radius 1 is 1.48 bits per heavy atom. The standard InChI is InChI=1S/C16H15ClF3N3O3S/c1-8-4-11(24)13(15(25)26-8)10-5-12(27-3-2-21-10)9-6-23(7-17)22-14(9)16(18,19)20/h4,6,12,24H,2-3,5,7H2,1H3. The van der Waals surface area contributed by atoms with E-state index in [1.54, 1.807) is 0 Å². The fourth-order valence-electron chi connectivity index (χ4n) is 2.87. The van der Waals surface area contributed by atoms with Crippen molar-refractivity contribution in [2.24, 2.45) is 4.99 Å². The van der Waals surface area contributed by atoms with Crippen molar-refractivity contribution in [2.75, 3.05) is 12.3 Å². The highest BCUT2D eigenvalue weighted by atomic mass is 35.5. The van der Waals surface area contributed by atoms with E-state index >= 15 is 0 Å². The molecular weight excluding hydrogens is 407 g/mol. The number of halogens is 4. The Morgan fingerprint density at radius 3 is 2.85 bits per heavy atom. The number of nitrogens with zero attached hydrogens (tertiary/aromatic N) is 3. The molecule has 1 aliphatic heterocycles. The van der Waals surface area contributed by atoms with E-state index in [0.717, 1.165) is 4.68 Å². The minimum atomic E-state index is -4.64. The molecule has 1 atom stereocenters. The maximum Gasteiger partial charge on any atom is 0.435 e. The summed E-state index contributed by atoms with van der Waals surface area (Å²) in [5, 5.41) is 13.0. The van der Waals surface area contributed by atoms with Gasteiger partial charge in [-0.3, -0.25) is 9.67 Å². The Morgan fingerprint density at radius 2 is 2.22 bits per heavy atom. The molecule has 3 rings (SSSR count). The van der Waals surface area contributed by atoms with Gasteiger partial charge in [0.05, 0.1) is 5.71 Å². The molecule has 2 aromatic rings. The van der Waals surface area contributed by atoms with Crippen LogP contribution in [0.25, 0.3) is 0 Å². The Bertz CT molecular complexity index is 939. The summed E-state index contributed by atoms with van der Waals surface area (Å²) >= 11 is 6.91. The molecule has 1 aliphatic rings. The molecule has 0 bridgehead atoms. The van der Waals surface area contributed by atoms with E-state index in [-0.39, 0.29) is 40.8 Å². The summed E-state index contributed by atoms with van der Waals surface area (Å²) in [5.41, 5.74) is -1.72. The Balaban J connectivity index is 2.03. The van der Waals surface area contributed by atoms with Crippen molar-refractivity contribution in [3.8, 4) is 5.75 Å². The summed E-state index contributed by atoms with van der Waals surface area (Å²) in [4.78, 5) is 16.4. The zero-order valence-corrected chi connectivity index (χ0v) is 15.7. The molecule has 0 aliphatic carbocycles. The van der Waals surface area contributed by atoms with Gasteiger partial charge in [-0.2, -0.15) is 30.0 Å². The van der Waals surface area contributed by atoms with E-state index in [1.807, 2.05) is 0 Å². The van der Waals surface area contributed by atoms with Crippen LogP contribution >= 0.6 is 23.4 Å². The lowest BCUT2D eigenvalue weighted by Crippen LogP contribution is -2.18. The first-order valence-electron chi connectivity index (χ1n) is 7.90. The maximum atomic E-state index is 13.4. The number of aliphatic imine (C=N–C) groups is 1. The molecule has 1 unspecified atom stereocenters. The summed E-state index contributed by atoms with van der Waals surface area (Å²) in [7, 11) is 0. The molecule has 0 radical (unpaired) electrons. The van der Waals surface area contributed by atoms with Crippen molar-refractivity contribution < 1.29 is 22.7 Å². The molecule has 1 N–H and O–H groups in total. The number of thioether (sulfide) groups is 1. The van der Waals surface area contributed by atoms with E-state index in [1.165, 1.54) is 30.9 Å². The third-order valence-corrected chi connectivity index (χ3v) is 5.45. The lowest BCUT2D eigenvalue weighted by Gasteiger charge is -2.16. The van der Waals surface area contributed by atoms with Gasteiger partial charge in [0.15, 0.2) is 5.69 Å². The molecule has 27 heavy (non-hydrogen) atoms. The van der Waals surface area contributed by atoms with Crippen molar-refractivity contribution in [1.82, 2.24) is 9.78 Å². The quantitative estimate of drug-likeness (QED) is 0.764. The number of aryl methyl sites for hydroxylation is 1. The van der Waals surface area contributed by atoms with Crippen molar-refractivity contribution in [3.63, 3.8) is 0 Å². The first-order chi connectivity index (χ1) is 12.7. The van der Waals surface area contributed by atoms with Gasteiger partial charge in [0.25, 0.3) is 0 Å². The monoisotopic (exact) mass is 421 g/mol. The summed E-state index contributed by atoms with van der Waals surface area (Å²) in [6.45, 7) is 1.81. The molecule has 0 fully saturated rings. The van der Waals surface area contributed by atoms with Crippen LogP contribution in [0.4, 0.5) is 13.2 Å². The second-order valence-corrected chi connectivity index (χ2v) is 7.44. The fourth-order valence-corrected chi connectivity index (χ4v) is 4.10. The Hall–Kier alpha value is -1.94. The van der Waals surface area contributed by atoms with Crippen LogP contribution in [0.3, 0.4) is 0 Å². The lowest BCUT2D eigenvalue weighted by atomic mass is 10.0. The lowest BCUT2D eigenvalue weighted by molar-refractivity contribution is -0.142. The van der Waals surface area contributed by atoms with Crippen LogP contribution in [0, 0.1) is 6.92 Å². The van der Waals surface area contributed by atoms with E-state index < -0.39 is 22.7 Å². The minimum absolute atomic E-state index is 0.0170. The Labute approximate surface area is 161 Å². The highest BCUT2D eigenvalue weighted by molar-refractivity contribution is 7.99. The average molecular weight is 422 g/mol. The van der Waals surface area contributed by atoms with Crippen molar-refractivity contribution in [2.45, 2.75) is 30.8 Å². The van der Waals surface area contributed by atoms with Crippen LogP contribution in [0.2, 0.25) is 0 Å². The van der Waals surface area contributed by atoms with Crippen LogP contribution in [-0.2, 0) is 12.2 Å². The van der Waals surface area contributed by atoms with E-state index in [4.69, 9.17) is 16.0 Å². The van der Waals surface area contributed by atoms with Gasteiger partial charge in [-0.25, -0.2) is 4.79 Å². The number of aromatic nitrogens is 2. The molecule has 146 valence electrons. The smallest absolute Gasteiger partial charge is 0.435 e. The zero-order chi connectivity index (χ0) is 19.8. The van der Waals surface area contributed by atoms with Gasteiger partial charge in [-0.05, 0) is 6.92 Å². The van der Waals surface area contributed by atoms with Crippen LogP contribution in [0.5, 0.6) is 5.75 Å². The fraction of sp³-hybridized carbons (Fsp3) is 0.438. The van der Waals surface area contributed by atoms with Gasteiger partial charge >= 0.3 is 11.8 Å². The summed E-state index contributed by atoms with van der Waals surface area (Å²) in [6, 6.07) is 1.06. The highest BCUT2D eigenvalue weighted by Crippen LogP contribution is 2.42. The zero-order valence-electron chi connectivity index (χ0n) is 14.1. The van der Waals surface area contributed by atoms with Crippen LogP contribution in [0.1, 0.15) is 34.3 Å². The predicted octanol–water partition coefficient (Wildman–Crippen LogP) is 3.73. The largest absolute Gasteiger partial charge is 0.507 e. The molecule has 0 aromatic carbocycles. The van der Waals surface area contributed by atoms with E-state index in [2.05, 4.69) is 10.1 Å². The molecule has 2 aromatic heterocycles. The number of aromatic hydroxyl groups is 1. The predicted molar refractivity (Wildman–Crippen MR) is 95.7 cm³/mol. The summed E-state index contributed by atoms with van der Waals surface area (Å²) < 4.78 is 46.2. The first kappa shape index (κ1) is 19.8. The molecule has 0 spiro atoms. The van der Waals surface area contributed by atoms with Crippen LogP contribution in [-0.4, -0.2) is 32.9 Å². The molecule has 6 nitrogen and oxygen atoms in total. The van der Waals surface area contributed by atoms with Gasteiger partial charge in [0, 0.05) is 41.8 Å². The number of hydrogen-bond donors (Lipinski definition) is 1. The van der Waals surface area contributed by atoms with E-state index in [0.29, 0.717) is 12.3 Å². The average Bonchev–Trinajstić information content (AvgIpc) is 2.87. The highest BCUT2D eigenvalue weighted by Gasteiger charge is 2.40. The molecule has 11 heteroatoms. The molecular formula is C16H15ClF3N3O3S. The van der Waals surface area contributed by atoms with Gasteiger partial charge in [0.2, 0.25) is 0 Å². The third kappa shape index (κ3) is 4.16. The SMILES string of the molecule is Cc1cc(O)c(C2=NCCSC(c3cn(CCl)nc3C(F)(F)F)C2)c(=O)o1. The van der Waals surface area contributed by atoms with Gasteiger partial charge in [0.1, 0.15) is 23.1 Å². The van der Waals surface area contributed by atoms with Gasteiger partial charge < -0.3 is 9.52 Å². The number of alkyl halides is 4. The number of hydrogen-bond acceptors (Lipinski definition) is 6. The van der Waals surface area contributed by atoms with Crippen LogP contribution < -0.4 is 5.63 Å².